The number of hydrogen-bond donors (Lipinski definition) is 1. The second-order valence-corrected chi connectivity index (χ2v) is 7.22. The SMILES string of the molecule is CON=C1C[C@@H](CC(=O)NCc2cccc3ccccc23)N(C(=O)CC(C)=O)C1. The fourth-order valence-electron chi connectivity index (χ4n) is 3.68. The Kier molecular flexibility index (Phi) is 6.59. The summed E-state index contributed by atoms with van der Waals surface area (Å²) in [6.07, 6.45) is 0.435. The van der Waals surface area contributed by atoms with Gasteiger partial charge in [0, 0.05) is 25.4 Å². The highest BCUT2D eigenvalue weighted by Crippen LogP contribution is 2.21. The first-order chi connectivity index (χ1) is 14.0. The number of oxime groups is 1. The molecule has 0 saturated carbocycles. The van der Waals surface area contributed by atoms with Crippen LogP contribution in [0.4, 0.5) is 0 Å². The van der Waals surface area contributed by atoms with E-state index in [0.29, 0.717) is 18.7 Å². The molecule has 0 radical (unpaired) electrons. The van der Waals surface area contributed by atoms with Gasteiger partial charge >= 0.3 is 0 Å². The predicted octanol–water partition coefficient (Wildman–Crippen LogP) is 2.43. The first-order valence-corrected chi connectivity index (χ1v) is 9.59. The molecule has 0 spiro atoms. The van der Waals surface area contributed by atoms with E-state index in [2.05, 4.69) is 10.5 Å². The van der Waals surface area contributed by atoms with Crippen molar-refractivity contribution in [3.63, 3.8) is 0 Å². The monoisotopic (exact) mass is 395 g/mol. The third-order valence-electron chi connectivity index (χ3n) is 4.98. The number of carbonyl (C=O) groups excluding carboxylic acids is 3. The fraction of sp³-hybridized carbons (Fsp3) is 0.364. The molecule has 1 aliphatic rings. The van der Waals surface area contributed by atoms with Crippen LogP contribution in [0.3, 0.4) is 0 Å². The van der Waals surface area contributed by atoms with Crippen LogP contribution >= 0.6 is 0 Å². The molecule has 152 valence electrons. The zero-order chi connectivity index (χ0) is 20.8. The van der Waals surface area contributed by atoms with Crippen molar-refractivity contribution in [1.82, 2.24) is 10.2 Å². The lowest BCUT2D eigenvalue weighted by Crippen LogP contribution is -2.39. The third-order valence-corrected chi connectivity index (χ3v) is 4.98. The summed E-state index contributed by atoms with van der Waals surface area (Å²) in [5, 5.41) is 9.10. The first kappa shape index (κ1) is 20.5. The van der Waals surface area contributed by atoms with E-state index in [1.54, 1.807) is 4.90 Å². The molecule has 7 heteroatoms. The maximum absolute atomic E-state index is 12.6. The van der Waals surface area contributed by atoms with Crippen LogP contribution in [0.25, 0.3) is 10.8 Å². The van der Waals surface area contributed by atoms with Crippen LogP contribution in [0.5, 0.6) is 0 Å². The smallest absolute Gasteiger partial charge is 0.230 e. The predicted molar refractivity (Wildman–Crippen MR) is 110 cm³/mol. The molecule has 1 heterocycles. The molecule has 1 fully saturated rings. The molecule has 0 aromatic heterocycles. The van der Waals surface area contributed by atoms with Gasteiger partial charge in [-0.2, -0.15) is 0 Å². The second kappa shape index (κ2) is 9.32. The number of nitrogens with one attached hydrogen (secondary N) is 1. The Morgan fingerprint density at radius 2 is 1.93 bits per heavy atom. The number of benzene rings is 2. The van der Waals surface area contributed by atoms with Gasteiger partial charge in [0.2, 0.25) is 11.8 Å². The Morgan fingerprint density at radius 1 is 1.17 bits per heavy atom. The fourth-order valence-corrected chi connectivity index (χ4v) is 3.68. The lowest BCUT2D eigenvalue weighted by Gasteiger charge is -2.23. The summed E-state index contributed by atoms with van der Waals surface area (Å²) >= 11 is 0. The van der Waals surface area contributed by atoms with Gasteiger partial charge in [-0.3, -0.25) is 14.4 Å². The molecule has 0 aliphatic carbocycles. The molecule has 1 aliphatic heterocycles. The van der Waals surface area contributed by atoms with E-state index >= 15 is 0 Å². The number of Topliss-reactive ketones (excluding diaryl/α,β-unsaturated/α-hetero) is 1. The minimum Gasteiger partial charge on any atom is -0.399 e. The van der Waals surface area contributed by atoms with E-state index in [1.807, 2.05) is 42.5 Å². The molecule has 1 atom stereocenters. The van der Waals surface area contributed by atoms with Crippen molar-refractivity contribution in [2.45, 2.75) is 38.8 Å². The topological polar surface area (TPSA) is 88.1 Å². The number of amides is 2. The number of nitrogens with zero attached hydrogens (tertiary/aromatic N) is 2. The van der Waals surface area contributed by atoms with Crippen molar-refractivity contribution in [1.29, 1.82) is 0 Å². The van der Waals surface area contributed by atoms with Crippen molar-refractivity contribution in [3.8, 4) is 0 Å². The summed E-state index contributed by atoms with van der Waals surface area (Å²) in [4.78, 5) is 42.7. The van der Waals surface area contributed by atoms with E-state index in [-0.39, 0.29) is 43.0 Å². The van der Waals surface area contributed by atoms with Crippen LogP contribution in [-0.4, -0.2) is 47.9 Å². The lowest BCUT2D eigenvalue weighted by molar-refractivity contribution is -0.135. The Labute approximate surface area is 169 Å². The van der Waals surface area contributed by atoms with Crippen LogP contribution in [0, 0.1) is 0 Å². The van der Waals surface area contributed by atoms with Crippen LogP contribution in [0.15, 0.2) is 47.6 Å². The second-order valence-electron chi connectivity index (χ2n) is 7.22. The number of fused-ring (bicyclic) bond motifs is 1. The van der Waals surface area contributed by atoms with Crippen molar-refractivity contribution in [2.24, 2.45) is 5.16 Å². The molecular weight excluding hydrogens is 370 g/mol. The molecule has 0 unspecified atom stereocenters. The molecule has 7 nitrogen and oxygen atoms in total. The number of likely N-dealkylation sites (tertiary alicyclic amines) is 1. The van der Waals surface area contributed by atoms with Gasteiger partial charge in [0.25, 0.3) is 0 Å². The van der Waals surface area contributed by atoms with E-state index in [0.717, 1.165) is 16.3 Å². The summed E-state index contributed by atoms with van der Waals surface area (Å²) in [5.74, 6) is -0.640. The third kappa shape index (κ3) is 5.19. The molecule has 2 amide bonds. The van der Waals surface area contributed by atoms with Gasteiger partial charge in [0.1, 0.15) is 12.9 Å². The zero-order valence-corrected chi connectivity index (χ0v) is 16.7. The first-order valence-electron chi connectivity index (χ1n) is 9.59. The Bertz CT molecular complexity index is 949. The quantitative estimate of drug-likeness (QED) is 0.576. The van der Waals surface area contributed by atoms with E-state index in [9.17, 15) is 14.4 Å². The summed E-state index contributed by atoms with van der Waals surface area (Å²) in [7, 11) is 1.44. The maximum Gasteiger partial charge on any atom is 0.230 e. The van der Waals surface area contributed by atoms with Crippen LogP contribution in [-0.2, 0) is 25.8 Å². The van der Waals surface area contributed by atoms with Gasteiger partial charge in [-0.1, -0.05) is 47.6 Å². The van der Waals surface area contributed by atoms with E-state index in [1.165, 1.54) is 14.0 Å². The molecule has 0 bridgehead atoms. The minimum atomic E-state index is -0.330. The van der Waals surface area contributed by atoms with Gasteiger partial charge in [0.05, 0.1) is 18.7 Å². The molecule has 1 N–H and O–H groups in total. The average Bonchev–Trinajstić information content (AvgIpc) is 3.08. The number of rotatable bonds is 7. The normalized spacial score (nSPS) is 17.5. The highest BCUT2D eigenvalue weighted by Gasteiger charge is 2.34. The van der Waals surface area contributed by atoms with E-state index < -0.39 is 0 Å². The lowest BCUT2D eigenvalue weighted by atomic mass is 10.0. The van der Waals surface area contributed by atoms with E-state index in [4.69, 9.17) is 4.84 Å². The molecular formula is C22H25N3O4. The number of hydrogen-bond acceptors (Lipinski definition) is 5. The van der Waals surface area contributed by atoms with Crippen molar-refractivity contribution < 1.29 is 19.2 Å². The highest BCUT2D eigenvalue weighted by molar-refractivity contribution is 6.01. The van der Waals surface area contributed by atoms with Crippen LogP contribution in [0.2, 0.25) is 0 Å². The number of carbonyl (C=O) groups is 3. The summed E-state index contributed by atoms with van der Waals surface area (Å²) in [6.45, 7) is 2.07. The average molecular weight is 395 g/mol. The van der Waals surface area contributed by atoms with Crippen molar-refractivity contribution in [3.05, 3.63) is 48.0 Å². The van der Waals surface area contributed by atoms with Gasteiger partial charge in [-0.25, -0.2) is 0 Å². The highest BCUT2D eigenvalue weighted by atomic mass is 16.6. The van der Waals surface area contributed by atoms with Gasteiger partial charge in [-0.05, 0) is 23.3 Å². The van der Waals surface area contributed by atoms with Crippen molar-refractivity contribution in [2.75, 3.05) is 13.7 Å². The van der Waals surface area contributed by atoms with Gasteiger partial charge in [-0.15, -0.1) is 0 Å². The summed E-state index contributed by atoms with van der Waals surface area (Å²) in [6, 6.07) is 13.7. The van der Waals surface area contributed by atoms with Crippen LogP contribution < -0.4 is 5.32 Å². The largest absolute Gasteiger partial charge is 0.399 e. The minimum absolute atomic E-state index is 0.150. The molecule has 2 aromatic rings. The Morgan fingerprint density at radius 3 is 2.69 bits per heavy atom. The number of ketones is 1. The van der Waals surface area contributed by atoms with Gasteiger partial charge < -0.3 is 15.1 Å². The van der Waals surface area contributed by atoms with Crippen LogP contribution in [0.1, 0.15) is 31.7 Å². The van der Waals surface area contributed by atoms with Gasteiger partial charge in [0.15, 0.2) is 0 Å². The summed E-state index contributed by atoms with van der Waals surface area (Å²) in [5.41, 5.74) is 1.73. The molecule has 2 aromatic carbocycles. The Hall–Kier alpha value is -3.22. The standard InChI is InChI=1S/C22H25N3O4/c1-15(26)10-22(28)25-14-18(24-29-2)11-19(25)12-21(27)23-13-17-8-5-7-16-6-3-4-9-20(16)17/h3-9,19H,10-14H2,1-2H3,(H,23,27)/t19-/m0/s1. The molecule has 29 heavy (non-hydrogen) atoms. The Balaban J connectivity index is 1.65. The molecule has 3 rings (SSSR count). The zero-order valence-electron chi connectivity index (χ0n) is 16.7. The molecule has 1 saturated heterocycles. The summed E-state index contributed by atoms with van der Waals surface area (Å²) < 4.78 is 0. The van der Waals surface area contributed by atoms with Crippen molar-refractivity contribution >= 4 is 34.1 Å². The maximum atomic E-state index is 12.6.